The first-order valence-electron chi connectivity index (χ1n) is 5.58. The van der Waals surface area contributed by atoms with Crippen molar-refractivity contribution in [3.8, 4) is 0 Å². The van der Waals surface area contributed by atoms with Gasteiger partial charge in [0, 0.05) is 5.69 Å². The van der Waals surface area contributed by atoms with Crippen molar-refractivity contribution in [2.24, 2.45) is 11.7 Å². The number of carbonyl (C=O) groups is 2. The van der Waals surface area contributed by atoms with E-state index in [2.05, 4.69) is 5.32 Å². The van der Waals surface area contributed by atoms with Gasteiger partial charge in [-0.15, -0.1) is 0 Å². The van der Waals surface area contributed by atoms with Gasteiger partial charge in [-0.3, -0.25) is 4.79 Å². The van der Waals surface area contributed by atoms with E-state index in [0.29, 0.717) is 5.69 Å². The maximum Gasteiger partial charge on any atom is 0.326 e. The molecule has 0 bridgehead atoms. The molecule has 5 nitrogen and oxygen atoms in total. The van der Waals surface area contributed by atoms with Crippen LogP contribution in [0.1, 0.15) is 23.2 Å². The number of nitrogens with one attached hydrogen (secondary N) is 1. The van der Waals surface area contributed by atoms with Gasteiger partial charge in [0.25, 0.3) is 5.91 Å². The van der Waals surface area contributed by atoms with Gasteiger partial charge in [-0.1, -0.05) is 17.7 Å². The van der Waals surface area contributed by atoms with Crippen molar-refractivity contribution in [2.45, 2.75) is 18.9 Å². The van der Waals surface area contributed by atoms with Gasteiger partial charge in [0.1, 0.15) is 6.04 Å². The molecule has 1 aliphatic carbocycles. The highest BCUT2D eigenvalue weighted by Gasteiger charge is 2.36. The molecule has 1 saturated carbocycles. The first-order valence-corrected chi connectivity index (χ1v) is 5.96. The number of hydrogen-bond acceptors (Lipinski definition) is 3. The Kier molecular flexibility index (Phi) is 3.43. The molecule has 1 unspecified atom stereocenters. The number of primary amides is 1. The van der Waals surface area contributed by atoms with E-state index in [1.807, 2.05) is 0 Å². The zero-order valence-corrected chi connectivity index (χ0v) is 10.3. The molecule has 2 rings (SSSR count). The lowest BCUT2D eigenvalue weighted by atomic mass is 10.1. The molecule has 96 valence electrons. The highest BCUT2D eigenvalue weighted by molar-refractivity contribution is 6.34. The molecule has 0 aromatic heterocycles. The van der Waals surface area contributed by atoms with Gasteiger partial charge >= 0.3 is 5.97 Å². The van der Waals surface area contributed by atoms with E-state index in [-0.39, 0.29) is 16.5 Å². The number of nitrogens with two attached hydrogens (primary N) is 1. The molecule has 1 aromatic carbocycles. The molecule has 0 radical (unpaired) electrons. The van der Waals surface area contributed by atoms with E-state index in [4.69, 9.17) is 22.4 Å². The van der Waals surface area contributed by atoms with Crippen molar-refractivity contribution in [3.05, 3.63) is 28.8 Å². The van der Waals surface area contributed by atoms with Crippen LogP contribution in [0.5, 0.6) is 0 Å². The monoisotopic (exact) mass is 268 g/mol. The van der Waals surface area contributed by atoms with Crippen LogP contribution >= 0.6 is 11.6 Å². The fourth-order valence-electron chi connectivity index (χ4n) is 1.87. The zero-order valence-electron chi connectivity index (χ0n) is 9.52. The summed E-state index contributed by atoms with van der Waals surface area (Å²) in [5, 5.41) is 12.2. The van der Waals surface area contributed by atoms with Crippen LogP contribution in [-0.2, 0) is 4.79 Å². The van der Waals surface area contributed by atoms with Gasteiger partial charge in [0.05, 0.1) is 10.6 Å². The summed E-state index contributed by atoms with van der Waals surface area (Å²) in [6.45, 7) is 0. The molecule has 1 aliphatic rings. The van der Waals surface area contributed by atoms with Gasteiger partial charge < -0.3 is 16.2 Å². The quantitative estimate of drug-likeness (QED) is 0.758. The molecule has 1 fully saturated rings. The van der Waals surface area contributed by atoms with Crippen LogP contribution in [-0.4, -0.2) is 23.0 Å². The number of halogens is 1. The van der Waals surface area contributed by atoms with Crippen LogP contribution in [0.3, 0.4) is 0 Å². The normalized spacial score (nSPS) is 16.1. The second-order valence-electron chi connectivity index (χ2n) is 4.32. The topological polar surface area (TPSA) is 92.4 Å². The second kappa shape index (κ2) is 4.86. The Hall–Kier alpha value is -1.75. The van der Waals surface area contributed by atoms with E-state index < -0.39 is 17.9 Å². The SMILES string of the molecule is NC(=O)c1c(Cl)cccc1NC(C(=O)O)C1CC1. The lowest BCUT2D eigenvalue weighted by molar-refractivity contribution is -0.138. The van der Waals surface area contributed by atoms with E-state index >= 15 is 0 Å². The van der Waals surface area contributed by atoms with Gasteiger partial charge in [0.15, 0.2) is 0 Å². The molecule has 4 N–H and O–H groups in total. The van der Waals surface area contributed by atoms with E-state index in [1.165, 1.54) is 0 Å². The minimum atomic E-state index is -0.937. The third-order valence-corrected chi connectivity index (χ3v) is 3.25. The van der Waals surface area contributed by atoms with Crippen molar-refractivity contribution in [2.75, 3.05) is 5.32 Å². The van der Waals surface area contributed by atoms with Crippen molar-refractivity contribution < 1.29 is 14.7 Å². The molecular formula is C12H13ClN2O3. The van der Waals surface area contributed by atoms with Crippen LogP contribution in [0.4, 0.5) is 5.69 Å². The maximum atomic E-state index is 11.3. The minimum Gasteiger partial charge on any atom is -0.480 e. The van der Waals surface area contributed by atoms with E-state index in [0.717, 1.165) is 12.8 Å². The molecule has 0 aliphatic heterocycles. The molecule has 0 saturated heterocycles. The number of rotatable bonds is 5. The molecule has 0 spiro atoms. The van der Waals surface area contributed by atoms with Crippen molar-refractivity contribution in [1.82, 2.24) is 0 Å². The summed E-state index contributed by atoms with van der Waals surface area (Å²) in [5.41, 5.74) is 5.75. The summed E-state index contributed by atoms with van der Waals surface area (Å²) in [5.74, 6) is -1.52. The van der Waals surface area contributed by atoms with E-state index in [9.17, 15) is 9.59 Å². The molecule has 18 heavy (non-hydrogen) atoms. The number of amides is 1. The molecular weight excluding hydrogens is 256 g/mol. The number of aliphatic carboxylic acids is 1. The fourth-order valence-corrected chi connectivity index (χ4v) is 2.14. The van der Waals surface area contributed by atoms with Crippen LogP contribution in [0, 0.1) is 5.92 Å². The van der Waals surface area contributed by atoms with Gasteiger partial charge in [-0.2, -0.15) is 0 Å². The highest BCUT2D eigenvalue weighted by Crippen LogP contribution is 2.35. The summed E-state index contributed by atoms with van der Waals surface area (Å²) in [6, 6.07) is 4.08. The Morgan fingerprint density at radius 1 is 1.44 bits per heavy atom. The van der Waals surface area contributed by atoms with Crippen LogP contribution in [0.2, 0.25) is 5.02 Å². The zero-order chi connectivity index (χ0) is 13.3. The third kappa shape index (κ3) is 2.56. The third-order valence-electron chi connectivity index (χ3n) is 2.93. The predicted molar refractivity (Wildman–Crippen MR) is 67.7 cm³/mol. The number of hydrogen-bond donors (Lipinski definition) is 3. The minimum absolute atomic E-state index is 0.0993. The molecule has 1 atom stereocenters. The lowest BCUT2D eigenvalue weighted by Crippen LogP contribution is -2.32. The molecule has 0 heterocycles. The molecule has 1 aromatic rings. The summed E-state index contributed by atoms with van der Waals surface area (Å²) >= 11 is 5.89. The first-order chi connectivity index (χ1) is 8.50. The number of carboxylic acids is 1. The van der Waals surface area contributed by atoms with Gasteiger partial charge in [-0.05, 0) is 30.9 Å². The van der Waals surface area contributed by atoms with Crippen molar-refractivity contribution >= 4 is 29.2 Å². The van der Waals surface area contributed by atoms with Gasteiger partial charge in [0.2, 0.25) is 0 Å². The van der Waals surface area contributed by atoms with Crippen LogP contribution in [0.25, 0.3) is 0 Å². The summed E-state index contributed by atoms with van der Waals surface area (Å²) < 4.78 is 0. The van der Waals surface area contributed by atoms with Crippen LogP contribution in [0.15, 0.2) is 18.2 Å². The standard InChI is InChI=1S/C12H13ClN2O3/c13-7-2-1-3-8(9(7)11(14)16)15-10(12(17)18)6-4-5-6/h1-3,6,10,15H,4-5H2,(H2,14,16)(H,17,18). The average Bonchev–Trinajstić information content (AvgIpc) is 3.08. The smallest absolute Gasteiger partial charge is 0.326 e. The Bertz CT molecular complexity index is 500. The Balaban J connectivity index is 2.30. The highest BCUT2D eigenvalue weighted by atomic mass is 35.5. The average molecular weight is 269 g/mol. The molecule has 1 amide bonds. The van der Waals surface area contributed by atoms with Crippen molar-refractivity contribution in [1.29, 1.82) is 0 Å². The summed E-state index contributed by atoms with van der Waals surface area (Å²) in [6.07, 6.45) is 1.74. The largest absolute Gasteiger partial charge is 0.480 e. The Morgan fingerprint density at radius 3 is 2.61 bits per heavy atom. The van der Waals surface area contributed by atoms with Gasteiger partial charge in [-0.25, -0.2) is 4.79 Å². The van der Waals surface area contributed by atoms with Crippen molar-refractivity contribution in [3.63, 3.8) is 0 Å². The summed E-state index contributed by atoms with van der Waals surface area (Å²) in [4.78, 5) is 22.5. The lowest BCUT2D eigenvalue weighted by Gasteiger charge is -2.17. The second-order valence-corrected chi connectivity index (χ2v) is 4.73. The van der Waals surface area contributed by atoms with E-state index in [1.54, 1.807) is 18.2 Å². The first kappa shape index (κ1) is 12.7. The maximum absolute atomic E-state index is 11.3. The number of benzene rings is 1. The summed E-state index contributed by atoms with van der Waals surface area (Å²) in [7, 11) is 0. The number of carboxylic acid groups (broad SMARTS) is 1. The van der Waals surface area contributed by atoms with Crippen LogP contribution < -0.4 is 11.1 Å². The fraction of sp³-hybridized carbons (Fsp3) is 0.333. The predicted octanol–water partition coefficient (Wildman–Crippen LogP) is 1.71. The number of carbonyl (C=O) groups excluding carboxylic acids is 1. The number of anilines is 1. The Labute approximate surface area is 109 Å². The Morgan fingerprint density at radius 2 is 2.11 bits per heavy atom. The molecule has 6 heteroatoms.